The number of aryl methyl sites for hydroxylation is 1. The first-order valence-electron chi connectivity index (χ1n) is 8.79. The summed E-state index contributed by atoms with van der Waals surface area (Å²) in [7, 11) is -3.09. The Balaban J connectivity index is 1.75. The van der Waals surface area contributed by atoms with Gasteiger partial charge in [0, 0.05) is 12.6 Å². The zero-order valence-electron chi connectivity index (χ0n) is 15.1. The Labute approximate surface area is 164 Å². The van der Waals surface area contributed by atoms with Gasteiger partial charge in [0.15, 0.2) is 15.0 Å². The number of alkyl halides is 3. The van der Waals surface area contributed by atoms with E-state index in [0.717, 1.165) is 23.9 Å². The Bertz CT molecular complexity index is 987. The van der Waals surface area contributed by atoms with Crippen molar-refractivity contribution in [3.8, 4) is 0 Å². The van der Waals surface area contributed by atoms with Gasteiger partial charge < -0.3 is 9.88 Å². The van der Waals surface area contributed by atoms with E-state index in [1.165, 1.54) is 6.07 Å². The van der Waals surface area contributed by atoms with Crippen LogP contribution >= 0.6 is 11.8 Å². The van der Waals surface area contributed by atoms with Crippen LogP contribution in [0.25, 0.3) is 11.0 Å². The fourth-order valence-electron chi connectivity index (χ4n) is 3.14. The molecule has 6 nitrogen and oxygen atoms in total. The van der Waals surface area contributed by atoms with Gasteiger partial charge in [0.25, 0.3) is 0 Å². The minimum atomic E-state index is -4.44. The largest absolute Gasteiger partial charge is 0.416 e. The second-order valence-corrected chi connectivity index (χ2v) is 9.87. The SMILES string of the molecule is CCCn1c(SCC(=O)N[C@H]2CCS(=O)(=O)C2)nc2ccc(C(F)(F)F)cc21. The minimum absolute atomic E-state index is 0.00963. The third kappa shape index (κ3) is 4.80. The van der Waals surface area contributed by atoms with Crippen molar-refractivity contribution >= 4 is 38.5 Å². The van der Waals surface area contributed by atoms with Crippen LogP contribution in [0.15, 0.2) is 23.4 Å². The average Bonchev–Trinajstić information content (AvgIpc) is 3.12. The van der Waals surface area contributed by atoms with E-state index < -0.39 is 21.6 Å². The first kappa shape index (κ1) is 21.0. The first-order valence-corrected chi connectivity index (χ1v) is 11.6. The van der Waals surface area contributed by atoms with E-state index in [1.807, 2.05) is 6.92 Å². The standard InChI is InChI=1S/C17H20F3N3O3S2/c1-2-6-23-14-8-11(17(18,19)20)3-4-13(14)22-16(23)27-9-15(24)21-12-5-7-28(25,26)10-12/h3-4,8,12H,2,5-7,9-10H2,1H3,(H,21,24)/t12-/m0/s1. The van der Waals surface area contributed by atoms with E-state index in [-0.39, 0.29) is 29.2 Å². The van der Waals surface area contributed by atoms with Crippen molar-refractivity contribution in [3.63, 3.8) is 0 Å². The lowest BCUT2D eigenvalue weighted by Crippen LogP contribution is -2.36. The Kier molecular flexibility index (Phi) is 5.95. The zero-order valence-corrected chi connectivity index (χ0v) is 16.8. The average molecular weight is 435 g/mol. The highest BCUT2D eigenvalue weighted by Crippen LogP contribution is 2.33. The van der Waals surface area contributed by atoms with E-state index >= 15 is 0 Å². The molecule has 1 amide bonds. The molecule has 1 fully saturated rings. The Hall–Kier alpha value is -1.75. The molecule has 0 saturated carbocycles. The summed E-state index contributed by atoms with van der Waals surface area (Å²) in [6, 6.07) is 3.01. The van der Waals surface area contributed by atoms with Crippen molar-refractivity contribution in [2.45, 2.75) is 43.7 Å². The summed E-state index contributed by atoms with van der Waals surface area (Å²) in [5.74, 6) is -0.301. The number of hydrogen-bond donors (Lipinski definition) is 1. The summed E-state index contributed by atoms with van der Waals surface area (Å²) in [4.78, 5) is 16.5. The van der Waals surface area contributed by atoms with Crippen molar-refractivity contribution in [3.05, 3.63) is 23.8 Å². The topological polar surface area (TPSA) is 81.1 Å². The molecule has 1 aliphatic rings. The van der Waals surface area contributed by atoms with Gasteiger partial charge in [-0.3, -0.25) is 4.79 Å². The number of rotatable bonds is 6. The third-order valence-corrected chi connectivity index (χ3v) is 7.16. The maximum atomic E-state index is 13.0. The third-order valence-electron chi connectivity index (χ3n) is 4.42. The maximum Gasteiger partial charge on any atom is 0.416 e. The summed E-state index contributed by atoms with van der Waals surface area (Å²) < 4.78 is 63.7. The number of fused-ring (bicyclic) bond motifs is 1. The number of benzene rings is 1. The van der Waals surface area contributed by atoms with Gasteiger partial charge in [-0.05, 0) is 31.0 Å². The lowest BCUT2D eigenvalue weighted by molar-refractivity contribution is -0.137. The molecular formula is C17H20F3N3O3S2. The maximum absolute atomic E-state index is 13.0. The van der Waals surface area contributed by atoms with Crippen LogP contribution in [0, 0.1) is 0 Å². The van der Waals surface area contributed by atoms with Crippen molar-refractivity contribution < 1.29 is 26.4 Å². The first-order chi connectivity index (χ1) is 13.1. The molecule has 1 aliphatic heterocycles. The van der Waals surface area contributed by atoms with Gasteiger partial charge in [-0.15, -0.1) is 0 Å². The molecule has 11 heteroatoms. The highest BCUT2D eigenvalue weighted by molar-refractivity contribution is 7.99. The van der Waals surface area contributed by atoms with Crippen molar-refractivity contribution in [2.75, 3.05) is 17.3 Å². The van der Waals surface area contributed by atoms with Crippen LogP contribution in [0.5, 0.6) is 0 Å². The van der Waals surface area contributed by atoms with Crippen LogP contribution < -0.4 is 5.32 Å². The number of aromatic nitrogens is 2. The summed E-state index contributed by atoms with van der Waals surface area (Å²) in [5, 5.41) is 3.16. The fourth-order valence-corrected chi connectivity index (χ4v) is 5.66. The molecule has 0 aliphatic carbocycles. The molecule has 1 aromatic heterocycles. The Morgan fingerprint density at radius 1 is 1.39 bits per heavy atom. The summed E-state index contributed by atoms with van der Waals surface area (Å²) in [5.41, 5.74) is 0.0710. The molecule has 154 valence electrons. The van der Waals surface area contributed by atoms with Gasteiger partial charge in [0.05, 0.1) is 33.9 Å². The lowest BCUT2D eigenvalue weighted by atomic mass is 10.2. The monoisotopic (exact) mass is 435 g/mol. The molecule has 0 radical (unpaired) electrons. The molecule has 28 heavy (non-hydrogen) atoms. The number of thioether (sulfide) groups is 1. The van der Waals surface area contributed by atoms with Crippen molar-refractivity contribution in [2.24, 2.45) is 0 Å². The number of halogens is 3. The molecule has 3 rings (SSSR count). The number of hydrogen-bond acceptors (Lipinski definition) is 5. The van der Waals surface area contributed by atoms with Gasteiger partial charge in [-0.2, -0.15) is 13.2 Å². The lowest BCUT2D eigenvalue weighted by Gasteiger charge is -2.11. The quantitative estimate of drug-likeness (QED) is 0.706. The number of carbonyl (C=O) groups is 1. The number of imidazole rings is 1. The van der Waals surface area contributed by atoms with Gasteiger partial charge >= 0.3 is 6.18 Å². The van der Waals surface area contributed by atoms with Crippen LogP contribution in [0.3, 0.4) is 0 Å². The number of nitrogens with zero attached hydrogens (tertiary/aromatic N) is 2. The normalized spacial score (nSPS) is 19.2. The Morgan fingerprint density at radius 3 is 2.75 bits per heavy atom. The summed E-state index contributed by atoms with van der Waals surface area (Å²) >= 11 is 1.13. The van der Waals surface area contributed by atoms with E-state index in [9.17, 15) is 26.4 Å². The molecule has 2 heterocycles. The van der Waals surface area contributed by atoms with E-state index in [4.69, 9.17) is 0 Å². The molecule has 1 aromatic carbocycles. The molecule has 0 spiro atoms. The predicted molar refractivity (Wildman–Crippen MR) is 101 cm³/mol. The second-order valence-electron chi connectivity index (χ2n) is 6.70. The molecule has 0 bridgehead atoms. The molecule has 1 N–H and O–H groups in total. The van der Waals surface area contributed by atoms with Gasteiger partial charge in [-0.25, -0.2) is 13.4 Å². The van der Waals surface area contributed by atoms with E-state index in [2.05, 4.69) is 10.3 Å². The van der Waals surface area contributed by atoms with Gasteiger partial charge in [0.2, 0.25) is 5.91 Å². The zero-order chi connectivity index (χ0) is 20.5. The number of carbonyl (C=O) groups excluding carboxylic acids is 1. The number of amides is 1. The van der Waals surface area contributed by atoms with Crippen LogP contribution in [0.2, 0.25) is 0 Å². The predicted octanol–water partition coefficient (Wildman–Crippen LogP) is 2.86. The summed E-state index contributed by atoms with van der Waals surface area (Å²) in [6.07, 6.45) is -3.35. The minimum Gasteiger partial charge on any atom is -0.352 e. The van der Waals surface area contributed by atoms with Crippen LogP contribution in [0.1, 0.15) is 25.3 Å². The summed E-state index contributed by atoms with van der Waals surface area (Å²) in [6.45, 7) is 2.38. The fraction of sp³-hybridized carbons (Fsp3) is 0.529. The molecule has 2 aromatic rings. The molecule has 1 atom stereocenters. The molecule has 1 saturated heterocycles. The number of sulfone groups is 1. The molecular weight excluding hydrogens is 415 g/mol. The smallest absolute Gasteiger partial charge is 0.352 e. The van der Waals surface area contributed by atoms with E-state index in [0.29, 0.717) is 35.6 Å². The van der Waals surface area contributed by atoms with Crippen molar-refractivity contribution in [1.82, 2.24) is 14.9 Å². The number of nitrogens with one attached hydrogen (secondary N) is 1. The van der Waals surface area contributed by atoms with Crippen molar-refractivity contribution in [1.29, 1.82) is 0 Å². The Morgan fingerprint density at radius 2 is 2.14 bits per heavy atom. The van der Waals surface area contributed by atoms with Crippen LogP contribution in [0.4, 0.5) is 13.2 Å². The highest BCUT2D eigenvalue weighted by atomic mass is 32.2. The van der Waals surface area contributed by atoms with Gasteiger partial charge in [0.1, 0.15) is 0 Å². The molecule has 0 unspecified atom stereocenters. The van der Waals surface area contributed by atoms with Crippen LogP contribution in [-0.2, 0) is 27.4 Å². The highest BCUT2D eigenvalue weighted by Gasteiger charge is 2.31. The van der Waals surface area contributed by atoms with Gasteiger partial charge in [-0.1, -0.05) is 18.7 Å². The van der Waals surface area contributed by atoms with Crippen LogP contribution in [-0.4, -0.2) is 47.2 Å². The van der Waals surface area contributed by atoms with E-state index in [1.54, 1.807) is 4.57 Å². The second kappa shape index (κ2) is 7.94.